The molecule has 0 aromatic carbocycles. The summed E-state index contributed by atoms with van der Waals surface area (Å²) in [5.74, 6) is -0.407. The Kier molecular flexibility index (Phi) is 5.32. The first kappa shape index (κ1) is 15.6. The van der Waals surface area contributed by atoms with Crippen LogP contribution in [0.5, 0.6) is 0 Å². The van der Waals surface area contributed by atoms with E-state index in [9.17, 15) is 17.4 Å². The molecule has 1 heterocycles. The Labute approximate surface area is 116 Å². The Morgan fingerprint density at radius 3 is 2.67 bits per heavy atom. The van der Waals surface area contributed by atoms with Gasteiger partial charge in [-0.3, -0.25) is 9.00 Å². The van der Waals surface area contributed by atoms with Crippen LogP contribution in [-0.4, -0.2) is 36.6 Å². The SMILES string of the molecule is CC(CNC(=O)c1csc(S(=O)(=O)Cl)c1)S(C)=O. The van der Waals surface area contributed by atoms with Crippen LogP contribution < -0.4 is 5.32 Å². The molecule has 0 spiro atoms. The van der Waals surface area contributed by atoms with Crippen molar-refractivity contribution in [3.8, 4) is 0 Å². The molecule has 1 amide bonds. The number of amides is 1. The standard InChI is InChI=1S/C9H12ClNO4S3/c1-6(17(2)13)4-11-9(12)7-3-8(16-5-7)18(10,14)15/h3,5-6H,4H2,1-2H3,(H,11,12). The van der Waals surface area contributed by atoms with Gasteiger partial charge in [0.05, 0.1) is 5.56 Å². The highest BCUT2D eigenvalue weighted by Gasteiger charge is 2.17. The number of halogens is 1. The fourth-order valence-corrected chi connectivity index (χ4v) is 3.28. The van der Waals surface area contributed by atoms with E-state index in [2.05, 4.69) is 5.32 Å². The van der Waals surface area contributed by atoms with Gasteiger partial charge in [-0.2, -0.15) is 0 Å². The van der Waals surface area contributed by atoms with Crippen molar-refractivity contribution in [2.24, 2.45) is 0 Å². The lowest BCUT2D eigenvalue weighted by Gasteiger charge is -2.08. The first-order valence-electron chi connectivity index (χ1n) is 4.85. The number of carbonyl (C=O) groups excluding carboxylic acids is 1. The van der Waals surface area contributed by atoms with Gasteiger partial charge in [-0.05, 0) is 13.0 Å². The molecule has 5 nitrogen and oxygen atoms in total. The van der Waals surface area contributed by atoms with E-state index in [-0.39, 0.29) is 21.6 Å². The molecule has 1 N–H and O–H groups in total. The highest BCUT2D eigenvalue weighted by Crippen LogP contribution is 2.23. The molecular weight excluding hydrogens is 318 g/mol. The zero-order chi connectivity index (χ0) is 13.9. The van der Waals surface area contributed by atoms with Crippen LogP contribution in [0, 0.1) is 0 Å². The number of hydrogen-bond donors (Lipinski definition) is 1. The average Bonchev–Trinajstić information content (AvgIpc) is 2.73. The molecule has 9 heteroatoms. The minimum absolute atomic E-state index is 0.0681. The lowest BCUT2D eigenvalue weighted by atomic mass is 10.3. The summed E-state index contributed by atoms with van der Waals surface area (Å²) < 4.78 is 33.1. The van der Waals surface area contributed by atoms with Crippen molar-refractivity contribution in [1.29, 1.82) is 0 Å². The summed E-state index contributed by atoms with van der Waals surface area (Å²) in [5, 5.41) is 3.83. The normalized spacial score (nSPS) is 15.1. The second-order valence-electron chi connectivity index (χ2n) is 3.61. The van der Waals surface area contributed by atoms with E-state index in [1.807, 2.05) is 0 Å². The van der Waals surface area contributed by atoms with E-state index < -0.39 is 25.8 Å². The average molecular weight is 330 g/mol. The van der Waals surface area contributed by atoms with Gasteiger partial charge in [0.2, 0.25) is 0 Å². The molecule has 0 aliphatic carbocycles. The van der Waals surface area contributed by atoms with Gasteiger partial charge in [0.25, 0.3) is 15.0 Å². The quantitative estimate of drug-likeness (QED) is 0.822. The second-order valence-corrected chi connectivity index (χ2v) is 9.12. The van der Waals surface area contributed by atoms with E-state index in [4.69, 9.17) is 10.7 Å². The van der Waals surface area contributed by atoms with E-state index in [1.165, 1.54) is 11.4 Å². The third-order valence-corrected chi connectivity index (χ3v) is 6.54. The number of rotatable bonds is 5. The van der Waals surface area contributed by atoms with Gasteiger partial charge in [-0.1, -0.05) is 0 Å². The molecule has 0 radical (unpaired) electrons. The summed E-state index contributed by atoms with van der Waals surface area (Å²) >= 11 is 0.885. The van der Waals surface area contributed by atoms with Gasteiger partial charge in [0, 0.05) is 44.9 Å². The summed E-state index contributed by atoms with van der Waals surface area (Å²) in [6.45, 7) is 2.01. The van der Waals surface area contributed by atoms with Crippen molar-refractivity contribution in [3.63, 3.8) is 0 Å². The van der Waals surface area contributed by atoms with E-state index in [0.717, 1.165) is 11.3 Å². The monoisotopic (exact) mass is 329 g/mol. The van der Waals surface area contributed by atoms with Crippen LogP contribution in [0.1, 0.15) is 17.3 Å². The summed E-state index contributed by atoms with van der Waals surface area (Å²) in [5.41, 5.74) is 0.230. The Morgan fingerprint density at radius 2 is 2.22 bits per heavy atom. The molecule has 1 aromatic heterocycles. The molecule has 18 heavy (non-hydrogen) atoms. The van der Waals surface area contributed by atoms with Crippen molar-refractivity contribution in [1.82, 2.24) is 5.32 Å². The Bertz CT molecular complexity index is 566. The molecule has 0 saturated carbocycles. The maximum atomic E-state index is 11.7. The summed E-state index contributed by atoms with van der Waals surface area (Å²) in [6, 6.07) is 1.22. The Morgan fingerprint density at radius 1 is 1.61 bits per heavy atom. The maximum absolute atomic E-state index is 11.7. The predicted molar refractivity (Wildman–Crippen MR) is 73.2 cm³/mol. The van der Waals surface area contributed by atoms with Crippen molar-refractivity contribution >= 4 is 47.8 Å². The largest absolute Gasteiger partial charge is 0.351 e. The molecule has 0 saturated heterocycles. The van der Waals surface area contributed by atoms with Gasteiger partial charge in [0.15, 0.2) is 0 Å². The van der Waals surface area contributed by atoms with Crippen molar-refractivity contribution in [3.05, 3.63) is 17.0 Å². The summed E-state index contributed by atoms with van der Waals surface area (Å²) in [4.78, 5) is 11.7. The number of hydrogen-bond acceptors (Lipinski definition) is 5. The van der Waals surface area contributed by atoms with Gasteiger partial charge in [0.1, 0.15) is 4.21 Å². The maximum Gasteiger partial charge on any atom is 0.270 e. The molecule has 0 aliphatic rings. The second kappa shape index (κ2) is 6.14. The van der Waals surface area contributed by atoms with E-state index >= 15 is 0 Å². The lowest BCUT2D eigenvalue weighted by Crippen LogP contribution is -2.32. The molecule has 0 bridgehead atoms. The fraction of sp³-hybridized carbons (Fsp3) is 0.444. The molecule has 2 unspecified atom stereocenters. The molecule has 102 valence electrons. The zero-order valence-electron chi connectivity index (χ0n) is 9.67. The first-order chi connectivity index (χ1) is 8.21. The molecular formula is C9H12ClNO4S3. The minimum Gasteiger partial charge on any atom is -0.351 e. The number of thiophene rings is 1. The van der Waals surface area contributed by atoms with Crippen molar-refractivity contribution < 1.29 is 17.4 Å². The van der Waals surface area contributed by atoms with Crippen molar-refractivity contribution in [2.75, 3.05) is 12.8 Å². The van der Waals surface area contributed by atoms with Crippen LogP contribution >= 0.6 is 22.0 Å². The smallest absolute Gasteiger partial charge is 0.270 e. The number of carbonyl (C=O) groups is 1. The molecule has 1 rings (SSSR count). The first-order valence-corrected chi connectivity index (χ1v) is 9.66. The lowest BCUT2D eigenvalue weighted by molar-refractivity contribution is 0.0954. The van der Waals surface area contributed by atoms with Gasteiger partial charge in [-0.15, -0.1) is 11.3 Å². The molecule has 0 fully saturated rings. The third kappa shape index (κ3) is 4.34. The van der Waals surface area contributed by atoms with Crippen molar-refractivity contribution in [2.45, 2.75) is 16.4 Å². The van der Waals surface area contributed by atoms with Gasteiger partial charge >= 0.3 is 0 Å². The highest BCUT2D eigenvalue weighted by atomic mass is 35.7. The van der Waals surface area contributed by atoms with Crippen LogP contribution in [-0.2, 0) is 19.9 Å². The van der Waals surface area contributed by atoms with E-state index in [0.29, 0.717) is 0 Å². The molecule has 1 aromatic rings. The highest BCUT2D eigenvalue weighted by molar-refractivity contribution is 8.15. The predicted octanol–water partition coefficient (Wildman–Crippen LogP) is 1.17. The topological polar surface area (TPSA) is 80.3 Å². The molecule has 0 aliphatic heterocycles. The van der Waals surface area contributed by atoms with Crippen LogP contribution in [0.25, 0.3) is 0 Å². The third-order valence-electron chi connectivity index (χ3n) is 2.19. The van der Waals surface area contributed by atoms with Gasteiger partial charge in [-0.25, -0.2) is 8.42 Å². The summed E-state index contributed by atoms with van der Waals surface area (Å²) in [7, 11) is 0.337. The van der Waals surface area contributed by atoms with Gasteiger partial charge < -0.3 is 5.32 Å². The summed E-state index contributed by atoms with van der Waals surface area (Å²) in [6.07, 6.45) is 1.56. The minimum atomic E-state index is -3.80. The molecule has 2 atom stereocenters. The van der Waals surface area contributed by atoms with Crippen LogP contribution in [0.4, 0.5) is 0 Å². The zero-order valence-corrected chi connectivity index (χ0v) is 12.9. The Balaban J connectivity index is 2.69. The Hall–Kier alpha value is -0.440. The fourth-order valence-electron chi connectivity index (χ4n) is 1.02. The number of nitrogens with one attached hydrogen (secondary N) is 1. The van der Waals surface area contributed by atoms with E-state index in [1.54, 1.807) is 13.2 Å². The van der Waals surface area contributed by atoms with Crippen LogP contribution in [0.2, 0.25) is 0 Å². The van der Waals surface area contributed by atoms with Crippen LogP contribution in [0.15, 0.2) is 15.7 Å². The van der Waals surface area contributed by atoms with Crippen LogP contribution in [0.3, 0.4) is 0 Å².